The summed E-state index contributed by atoms with van der Waals surface area (Å²) in [4.78, 5) is 4.62. The smallest absolute Gasteiger partial charge is 0.205 e. The summed E-state index contributed by atoms with van der Waals surface area (Å²) < 4.78 is 1.97. The number of aromatic amines is 1. The Morgan fingerprint density at radius 1 is 0.897 bits per heavy atom. The summed E-state index contributed by atoms with van der Waals surface area (Å²) in [6, 6.07) is 16.5. The minimum Gasteiger partial charge on any atom is -0.245 e. The molecule has 0 unspecified atom stereocenters. The normalized spacial score (nSPS) is 11.1. The number of nitrogens with zero attached hydrogens (tertiary/aromatic N) is 6. The van der Waals surface area contributed by atoms with Crippen LogP contribution in [0.15, 0.2) is 48.5 Å². The highest BCUT2D eigenvalue weighted by Gasteiger charge is 2.12. The fraction of sp³-hybridized carbons (Fsp3) is 0.250. The van der Waals surface area contributed by atoms with Gasteiger partial charge in [-0.25, -0.2) is 9.67 Å². The Morgan fingerprint density at radius 2 is 1.66 bits per heavy atom. The average Bonchev–Trinajstić information content (AvgIpc) is 3.40. The monoisotopic (exact) mass is 423 g/mol. The molecule has 0 amide bonds. The highest BCUT2D eigenvalue weighted by atomic mass is 32.1. The molecule has 4 rings (SSSR count). The lowest BCUT2D eigenvalue weighted by Gasteiger charge is -2.09. The fourth-order valence-corrected chi connectivity index (χ4v) is 3.61. The molecule has 0 saturated heterocycles. The van der Waals surface area contributed by atoms with Crippen molar-refractivity contribution in [1.82, 2.24) is 35.4 Å². The molecule has 29 heavy (non-hydrogen) atoms. The number of hydrogen-bond acceptors (Lipinski definition) is 7. The second-order valence-electron chi connectivity index (χ2n) is 6.53. The zero-order valence-corrected chi connectivity index (χ0v) is 17.5. The lowest BCUT2D eigenvalue weighted by Crippen LogP contribution is -2.07. The number of tetrazole rings is 1. The number of thiol groups is 2. The van der Waals surface area contributed by atoms with Crippen LogP contribution in [0, 0.1) is 0 Å². The predicted octanol–water partition coefficient (Wildman–Crippen LogP) is 3.12. The van der Waals surface area contributed by atoms with Gasteiger partial charge in [-0.1, -0.05) is 48.5 Å². The van der Waals surface area contributed by atoms with Gasteiger partial charge in [0.2, 0.25) is 5.82 Å². The van der Waals surface area contributed by atoms with Crippen molar-refractivity contribution < 1.29 is 0 Å². The second kappa shape index (κ2) is 9.23. The first-order chi connectivity index (χ1) is 14.3. The summed E-state index contributed by atoms with van der Waals surface area (Å²) in [6.45, 7) is 0.676. The largest absolute Gasteiger partial charge is 0.245 e. The summed E-state index contributed by atoms with van der Waals surface area (Å²) >= 11 is 8.63. The van der Waals surface area contributed by atoms with Gasteiger partial charge in [0.15, 0.2) is 5.82 Å². The summed E-state index contributed by atoms with van der Waals surface area (Å²) in [7, 11) is 0. The van der Waals surface area contributed by atoms with E-state index in [4.69, 9.17) is 0 Å². The lowest BCUT2D eigenvalue weighted by molar-refractivity contribution is 0.638. The molecule has 0 spiro atoms. The van der Waals surface area contributed by atoms with Crippen molar-refractivity contribution in [2.75, 3.05) is 11.5 Å². The molecular weight excluding hydrogens is 402 g/mol. The fourth-order valence-electron chi connectivity index (χ4n) is 3.21. The maximum atomic E-state index is 4.64. The average molecular weight is 424 g/mol. The number of H-pyrrole nitrogens is 1. The third kappa shape index (κ3) is 4.51. The van der Waals surface area contributed by atoms with Gasteiger partial charge in [0.25, 0.3) is 0 Å². The molecule has 2 aromatic heterocycles. The molecule has 148 valence electrons. The van der Waals surface area contributed by atoms with Gasteiger partial charge in [-0.15, -0.1) is 10.2 Å². The summed E-state index contributed by atoms with van der Waals surface area (Å²) in [5.74, 6) is 3.86. The molecule has 2 heterocycles. The summed E-state index contributed by atoms with van der Waals surface area (Å²) in [6.07, 6.45) is 1.56. The van der Waals surface area contributed by atoms with Crippen molar-refractivity contribution in [3.05, 3.63) is 65.7 Å². The standard InChI is InChI=1S/C20H21N7S2/c28-11-9-18-21-19(10-12-29)27(24-18)13-14-5-7-15(8-6-14)16-3-1-2-4-17(16)20-22-25-26-23-20/h1-8,28-29H,9-13H2,(H,22,23,25,26). The SMILES string of the molecule is SCCc1nc(CCS)n(Cc2ccc(-c3ccccc3-c3nn[nH]n3)cc2)n1. The van der Waals surface area contributed by atoms with E-state index in [-0.39, 0.29) is 0 Å². The van der Waals surface area contributed by atoms with Crippen LogP contribution in [-0.4, -0.2) is 46.9 Å². The third-order valence-corrected chi connectivity index (χ3v) is 5.02. The van der Waals surface area contributed by atoms with Crippen LogP contribution in [0.2, 0.25) is 0 Å². The predicted molar refractivity (Wildman–Crippen MR) is 119 cm³/mol. The van der Waals surface area contributed by atoms with Crippen molar-refractivity contribution in [3.8, 4) is 22.5 Å². The molecule has 1 N–H and O–H groups in total. The zero-order chi connectivity index (χ0) is 20.1. The molecule has 0 bridgehead atoms. The van der Waals surface area contributed by atoms with Crippen molar-refractivity contribution >= 4 is 25.3 Å². The first-order valence-corrected chi connectivity index (χ1v) is 10.6. The van der Waals surface area contributed by atoms with Crippen LogP contribution in [0.5, 0.6) is 0 Å². The van der Waals surface area contributed by atoms with Crippen LogP contribution in [0.4, 0.5) is 0 Å². The molecule has 0 atom stereocenters. The molecule has 0 fully saturated rings. The molecule has 0 saturated carbocycles. The van der Waals surface area contributed by atoms with Gasteiger partial charge in [0, 0.05) is 18.4 Å². The Hall–Kier alpha value is -2.65. The quantitative estimate of drug-likeness (QED) is 0.379. The van der Waals surface area contributed by atoms with Gasteiger partial charge in [-0.3, -0.25) is 0 Å². The van der Waals surface area contributed by atoms with Crippen LogP contribution in [0.25, 0.3) is 22.5 Å². The van der Waals surface area contributed by atoms with E-state index in [9.17, 15) is 0 Å². The van der Waals surface area contributed by atoms with E-state index >= 15 is 0 Å². The molecule has 0 radical (unpaired) electrons. The first-order valence-electron chi connectivity index (χ1n) is 9.35. The van der Waals surface area contributed by atoms with Crippen molar-refractivity contribution in [1.29, 1.82) is 0 Å². The van der Waals surface area contributed by atoms with Gasteiger partial charge in [-0.2, -0.15) is 35.6 Å². The van der Waals surface area contributed by atoms with E-state index in [1.54, 1.807) is 0 Å². The molecule has 0 aliphatic heterocycles. The number of aromatic nitrogens is 7. The molecule has 2 aromatic carbocycles. The number of rotatable bonds is 8. The summed E-state index contributed by atoms with van der Waals surface area (Å²) in [5, 5.41) is 19.0. The number of benzene rings is 2. The topological polar surface area (TPSA) is 85.2 Å². The van der Waals surface area contributed by atoms with Crippen molar-refractivity contribution in [2.24, 2.45) is 0 Å². The maximum Gasteiger partial charge on any atom is 0.205 e. The lowest BCUT2D eigenvalue weighted by atomic mass is 9.98. The Labute approximate surface area is 179 Å². The Balaban J connectivity index is 1.59. The van der Waals surface area contributed by atoms with Crippen LogP contribution in [-0.2, 0) is 19.4 Å². The third-order valence-electron chi connectivity index (χ3n) is 4.57. The van der Waals surface area contributed by atoms with E-state index in [1.165, 1.54) is 0 Å². The van der Waals surface area contributed by atoms with E-state index in [0.29, 0.717) is 12.4 Å². The zero-order valence-electron chi connectivity index (χ0n) is 15.7. The van der Waals surface area contributed by atoms with Crippen LogP contribution in [0.3, 0.4) is 0 Å². The van der Waals surface area contributed by atoms with E-state index < -0.39 is 0 Å². The van der Waals surface area contributed by atoms with Gasteiger partial charge >= 0.3 is 0 Å². The minimum atomic E-state index is 0.584. The highest BCUT2D eigenvalue weighted by molar-refractivity contribution is 7.80. The summed E-state index contributed by atoms with van der Waals surface area (Å²) in [5.41, 5.74) is 4.26. The van der Waals surface area contributed by atoms with Crippen molar-refractivity contribution in [2.45, 2.75) is 19.4 Å². The van der Waals surface area contributed by atoms with Gasteiger partial charge < -0.3 is 0 Å². The molecule has 4 aromatic rings. The number of nitrogens with one attached hydrogen (secondary N) is 1. The number of hydrogen-bond donors (Lipinski definition) is 3. The molecular formula is C20H21N7S2. The van der Waals surface area contributed by atoms with Crippen LogP contribution >= 0.6 is 25.3 Å². The Bertz CT molecular complexity index is 1060. The number of aryl methyl sites for hydroxylation is 2. The molecule has 0 aliphatic carbocycles. The maximum absolute atomic E-state index is 4.64. The van der Waals surface area contributed by atoms with Crippen LogP contribution in [0.1, 0.15) is 17.2 Å². The Morgan fingerprint density at radius 3 is 2.34 bits per heavy atom. The van der Waals surface area contributed by atoms with E-state index in [1.807, 2.05) is 22.9 Å². The highest BCUT2D eigenvalue weighted by Crippen LogP contribution is 2.29. The van der Waals surface area contributed by atoms with Crippen molar-refractivity contribution in [3.63, 3.8) is 0 Å². The molecule has 9 heteroatoms. The van der Waals surface area contributed by atoms with E-state index in [2.05, 4.69) is 86.3 Å². The van der Waals surface area contributed by atoms with E-state index in [0.717, 1.165) is 58.2 Å². The molecule has 7 nitrogen and oxygen atoms in total. The second-order valence-corrected chi connectivity index (χ2v) is 7.42. The van der Waals surface area contributed by atoms with Crippen LogP contribution < -0.4 is 0 Å². The first kappa shape index (κ1) is 19.7. The van der Waals surface area contributed by atoms with Gasteiger partial charge in [0.1, 0.15) is 5.82 Å². The minimum absolute atomic E-state index is 0.584. The van der Waals surface area contributed by atoms with Gasteiger partial charge in [-0.05, 0) is 33.4 Å². The van der Waals surface area contributed by atoms with Gasteiger partial charge in [0.05, 0.1) is 6.54 Å². The molecule has 0 aliphatic rings. The Kier molecular flexibility index (Phi) is 6.26.